The van der Waals surface area contributed by atoms with Gasteiger partial charge in [0, 0.05) is 29.5 Å². The molecule has 1 aromatic heterocycles. The second kappa shape index (κ2) is 6.38. The minimum atomic E-state index is -4.21. The van der Waals surface area contributed by atoms with Crippen molar-refractivity contribution in [3.05, 3.63) is 34.2 Å². The van der Waals surface area contributed by atoms with Crippen LogP contribution in [0.4, 0.5) is 13.2 Å². The predicted octanol–water partition coefficient (Wildman–Crippen LogP) is 1.46. The Labute approximate surface area is 119 Å². The van der Waals surface area contributed by atoms with Crippen molar-refractivity contribution >= 4 is 32.2 Å². The maximum absolute atomic E-state index is 12.7. The number of halogens is 5. The Hall–Kier alpha value is -0.380. The quantitative estimate of drug-likeness (QED) is 0.651. The highest BCUT2D eigenvalue weighted by atomic mass is 80.0. The number of hydrogen-bond donors (Lipinski definition) is 0. The second-order valence-corrected chi connectivity index (χ2v) is 6.77. The van der Waals surface area contributed by atoms with Crippen molar-refractivity contribution in [2.24, 2.45) is 0 Å². The molecule has 9 heteroatoms. The van der Waals surface area contributed by atoms with Gasteiger partial charge in [-0.25, -0.2) is 0 Å². The van der Waals surface area contributed by atoms with Crippen LogP contribution in [0.5, 0.6) is 0 Å². The van der Waals surface area contributed by atoms with E-state index in [0.717, 1.165) is 0 Å². The van der Waals surface area contributed by atoms with Gasteiger partial charge >= 0.3 is 5.51 Å². The maximum atomic E-state index is 12.7. The highest BCUT2D eigenvalue weighted by Crippen LogP contribution is 2.50. The Kier molecular flexibility index (Phi) is 5.60. The number of hydrogen-bond acceptors (Lipinski definition) is 3. The molecule has 0 fully saturated rings. The SMILES string of the molecule is Cc1cc2ccc(Cl)cc2[s+]1C(F)(F)F.[O-][Br+2]([O-])[O-]. The standard InChI is InChI=1S/C10H7ClF3S.BrO3/c1-6-4-7-2-3-8(11)5-9(7)15(6)10(12,13)14;2-1(3)4/h2-5H,1H3;/q+1;-1. The molecule has 1 aromatic carbocycles. The van der Waals surface area contributed by atoms with E-state index in [-0.39, 0.29) is 4.70 Å². The number of rotatable bonds is 0. The van der Waals surface area contributed by atoms with Crippen molar-refractivity contribution < 1.29 is 40.6 Å². The molecule has 0 radical (unpaired) electrons. The Morgan fingerprint density at radius 3 is 2.16 bits per heavy atom. The molecule has 3 nitrogen and oxygen atoms in total. The number of aryl methyl sites for hydroxylation is 1. The van der Waals surface area contributed by atoms with Crippen LogP contribution in [0.2, 0.25) is 5.02 Å². The van der Waals surface area contributed by atoms with Gasteiger partial charge in [0.1, 0.15) is 0 Å². The Morgan fingerprint density at radius 2 is 1.68 bits per heavy atom. The summed E-state index contributed by atoms with van der Waals surface area (Å²) in [6.45, 7) is 1.50. The minimum absolute atomic E-state index is 0.285. The molecule has 0 aliphatic heterocycles. The van der Waals surface area contributed by atoms with E-state index in [2.05, 4.69) is 0 Å². The van der Waals surface area contributed by atoms with Crippen LogP contribution < -0.4 is 12.6 Å². The third kappa shape index (κ3) is 4.59. The molecule has 19 heavy (non-hydrogen) atoms. The summed E-state index contributed by atoms with van der Waals surface area (Å²) < 4.78 is 64.1. The van der Waals surface area contributed by atoms with Crippen LogP contribution in [-0.4, -0.2) is 0 Å². The van der Waals surface area contributed by atoms with E-state index in [4.69, 9.17) is 24.2 Å². The van der Waals surface area contributed by atoms with Gasteiger partial charge in [0.25, 0.3) is 0 Å². The van der Waals surface area contributed by atoms with Crippen LogP contribution in [0.1, 0.15) is 4.88 Å². The van der Waals surface area contributed by atoms with E-state index in [9.17, 15) is 13.2 Å². The molecule has 0 saturated heterocycles. The van der Waals surface area contributed by atoms with Gasteiger partial charge < -0.3 is 12.6 Å². The third-order valence-electron chi connectivity index (χ3n) is 2.11. The van der Waals surface area contributed by atoms with E-state index in [1.807, 2.05) is 0 Å². The van der Waals surface area contributed by atoms with Crippen LogP contribution in [0.15, 0.2) is 24.3 Å². The summed E-state index contributed by atoms with van der Waals surface area (Å²) in [6, 6.07) is 6.20. The van der Waals surface area contributed by atoms with Gasteiger partial charge in [-0.1, -0.05) is 11.6 Å². The summed E-state index contributed by atoms with van der Waals surface area (Å²) in [5, 5.41) is 0.969. The van der Waals surface area contributed by atoms with E-state index in [1.165, 1.54) is 13.0 Å². The smallest absolute Gasteiger partial charge is 0.405 e. The lowest BCUT2D eigenvalue weighted by Gasteiger charge is -1.96. The molecule has 0 spiro atoms. The zero-order chi connectivity index (χ0) is 14.8. The molecule has 1 atom stereocenters. The summed E-state index contributed by atoms with van der Waals surface area (Å²) in [7, 11) is -1.80. The summed E-state index contributed by atoms with van der Waals surface area (Å²) in [5.41, 5.74) is -4.21. The molecule has 2 aromatic rings. The molecule has 0 bridgehead atoms. The van der Waals surface area contributed by atoms with Gasteiger partial charge in [-0.2, -0.15) is 0 Å². The average molecular weight is 380 g/mol. The number of alkyl halides is 3. The molecular weight excluding hydrogens is 373 g/mol. The van der Waals surface area contributed by atoms with Gasteiger partial charge in [-0.15, -0.1) is 13.2 Å². The van der Waals surface area contributed by atoms with Crippen molar-refractivity contribution in [3.63, 3.8) is 0 Å². The summed E-state index contributed by atoms with van der Waals surface area (Å²) >= 11 is 2.05. The fourth-order valence-corrected chi connectivity index (χ4v) is 3.61. The molecule has 1 heterocycles. The molecule has 0 saturated carbocycles. The van der Waals surface area contributed by atoms with E-state index < -0.39 is 30.8 Å². The van der Waals surface area contributed by atoms with Crippen molar-refractivity contribution in [2.75, 3.05) is 0 Å². The van der Waals surface area contributed by atoms with Crippen LogP contribution in [-0.2, 0) is 5.51 Å². The lowest BCUT2D eigenvalue weighted by molar-refractivity contribution is -1.73. The molecule has 1 unspecified atom stereocenters. The van der Waals surface area contributed by atoms with Gasteiger partial charge in [-0.05, 0) is 12.1 Å². The molecule has 0 N–H and O–H groups in total. The summed E-state index contributed by atoms with van der Waals surface area (Å²) in [5.74, 6) is 0. The fraction of sp³-hybridized carbons (Fsp3) is 0.200. The first-order valence-corrected chi connectivity index (χ1v) is 8.19. The normalized spacial score (nSPS) is 12.6. The third-order valence-corrected chi connectivity index (χ3v) is 4.36. The molecular formula is C10H7BrClF3O3S. The maximum Gasteiger partial charge on any atom is 0.600 e. The predicted molar refractivity (Wildman–Crippen MR) is 57.5 cm³/mol. The number of thiophene rings is 1. The van der Waals surface area contributed by atoms with Crippen LogP contribution in [0.25, 0.3) is 10.1 Å². The second-order valence-electron chi connectivity index (χ2n) is 3.38. The lowest BCUT2D eigenvalue weighted by Crippen LogP contribution is -2.42. The van der Waals surface area contributed by atoms with E-state index >= 15 is 0 Å². The number of benzene rings is 1. The van der Waals surface area contributed by atoms with Crippen LogP contribution in [0, 0.1) is 21.7 Å². The van der Waals surface area contributed by atoms with E-state index in [1.54, 1.807) is 18.2 Å². The molecule has 2 rings (SSSR count). The Bertz CT molecular complexity index is 568. The molecule has 106 valence electrons. The largest absolute Gasteiger partial charge is 0.600 e. The van der Waals surface area contributed by atoms with Crippen molar-refractivity contribution in [1.29, 1.82) is 0 Å². The Morgan fingerprint density at radius 1 is 1.16 bits per heavy atom. The summed E-state index contributed by atoms with van der Waals surface area (Å²) in [6.07, 6.45) is 0. The Balaban J connectivity index is 0.000000399. The number of fused-ring (bicyclic) bond motifs is 1. The van der Waals surface area contributed by atoms with Crippen LogP contribution >= 0.6 is 22.1 Å². The van der Waals surface area contributed by atoms with Crippen molar-refractivity contribution in [2.45, 2.75) is 12.4 Å². The monoisotopic (exact) mass is 378 g/mol. The lowest BCUT2D eigenvalue weighted by atomic mass is 10.2. The van der Waals surface area contributed by atoms with Gasteiger partial charge in [-0.3, -0.25) is 0 Å². The fourth-order valence-electron chi connectivity index (χ4n) is 1.56. The summed E-state index contributed by atoms with van der Waals surface area (Å²) in [4.78, 5) is 0.347. The van der Waals surface area contributed by atoms with Gasteiger partial charge in [0.2, 0.25) is 14.8 Å². The minimum Gasteiger partial charge on any atom is -0.405 e. The van der Waals surface area contributed by atoms with Gasteiger partial charge in [0.05, 0.1) is 10.5 Å². The zero-order valence-corrected chi connectivity index (χ0v) is 12.5. The topological polar surface area (TPSA) is 69.2 Å². The van der Waals surface area contributed by atoms with E-state index in [0.29, 0.717) is 15.3 Å². The highest BCUT2D eigenvalue weighted by molar-refractivity contribution is 7.38. The van der Waals surface area contributed by atoms with Crippen molar-refractivity contribution in [3.8, 4) is 0 Å². The highest BCUT2D eigenvalue weighted by Gasteiger charge is 2.46. The van der Waals surface area contributed by atoms with Gasteiger partial charge in [0.15, 0.2) is 9.58 Å². The molecule has 0 aliphatic carbocycles. The first kappa shape index (κ1) is 16.7. The first-order valence-electron chi connectivity index (χ1n) is 4.65. The van der Waals surface area contributed by atoms with Crippen molar-refractivity contribution in [1.82, 2.24) is 0 Å². The molecule has 0 aliphatic rings. The zero-order valence-electron chi connectivity index (χ0n) is 9.33. The first-order chi connectivity index (χ1) is 8.62. The molecule has 0 amide bonds. The van der Waals surface area contributed by atoms with Crippen LogP contribution in [0.3, 0.4) is 0 Å². The average Bonchev–Trinajstić information content (AvgIpc) is 2.51.